The van der Waals surface area contributed by atoms with Gasteiger partial charge in [0.2, 0.25) is 0 Å². The largest absolute Gasteiger partial charge is 0.378 e. The second kappa shape index (κ2) is 8.96. The predicted molar refractivity (Wildman–Crippen MR) is 140 cm³/mol. The topological polar surface area (TPSA) is 90.6 Å². The van der Waals surface area contributed by atoms with Gasteiger partial charge in [0, 0.05) is 67.9 Å². The summed E-state index contributed by atoms with van der Waals surface area (Å²) >= 11 is 0. The molecule has 3 atom stereocenters. The normalized spacial score (nSPS) is 25.5. The number of amides is 2. The third kappa shape index (κ3) is 3.94. The second-order valence-electron chi connectivity index (χ2n) is 11.1. The van der Waals surface area contributed by atoms with Crippen LogP contribution in [-0.2, 0) is 22.5 Å². The van der Waals surface area contributed by atoms with Gasteiger partial charge in [-0.3, -0.25) is 4.79 Å². The Morgan fingerprint density at radius 1 is 1.11 bits per heavy atom. The van der Waals surface area contributed by atoms with E-state index in [9.17, 15) is 9.59 Å². The molecule has 2 aromatic heterocycles. The van der Waals surface area contributed by atoms with Crippen molar-refractivity contribution in [1.82, 2.24) is 25.1 Å². The molecule has 37 heavy (non-hydrogen) atoms. The van der Waals surface area contributed by atoms with Gasteiger partial charge in [0.05, 0.1) is 19.3 Å². The third-order valence-electron chi connectivity index (χ3n) is 8.84. The number of Topliss-reactive ketones (excluding diaryl/α,β-unsaturated/α-hetero) is 1. The van der Waals surface area contributed by atoms with Crippen LogP contribution in [0.5, 0.6) is 0 Å². The fraction of sp³-hybridized carbons (Fsp3) is 0.483. The van der Waals surface area contributed by atoms with E-state index in [0.29, 0.717) is 45.2 Å². The molecule has 192 valence electrons. The van der Waals surface area contributed by atoms with E-state index in [1.165, 1.54) is 22.3 Å². The Morgan fingerprint density at radius 3 is 2.73 bits per heavy atom. The summed E-state index contributed by atoms with van der Waals surface area (Å²) in [6, 6.07) is 6.94. The molecule has 1 aliphatic carbocycles. The third-order valence-corrected chi connectivity index (χ3v) is 8.84. The van der Waals surface area contributed by atoms with Crippen LogP contribution in [0.1, 0.15) is 41.1 Å². The number of rotatable bonds is 2. The highest BCUT2D eigenvalue weighted by Gasteiger charge is 2.43. The number of ketones is 1. The van der Waals surface area contributed by atoms with Crippen LogP contribution in [0.15, 0.2) is 30.6 Å². The molecule has 0 spiro atoms. The van der Waals surface area contributed by atoms with Gasteiger partial charge in [0.25, 0.3) is 0 Å². The first-order chi connectivity index (χ1) is 18.0. The number of piperidine rings is 1. The first kappa shape index (κ1) is 22.9. The fourth-order valence-corrected chi connectivity index (χ4v) is 6.74. The number of hydrogen-bond acceptors (Lipinski definition) is 5. The molecule has 2 saturated heterocycles. The van der Waals surface area contributed by atoms with Crippen LogP contribution in [0.25, 0.3) is 22.2 Å². The molecule has 1 aromatic carbocycles. The molecule has 2 amide bonds. The van der Waals surface area contributed by atoms with Crippen molar-refractivity contribution in [2.24, 2.45) is 11.8 Å². The lowest BCUT2D eigenvalue weighted by molar-refractivity contribution is -0.126. The molecule has 7 rings (SSSR count). The fourth-order valence-electron chi connectivity index (χ4n) is 6.74. The van der Waals surface area contributed by atoms with Crippen LogP contribution < -0.4 is 5.32 Å². The van der Waals surface area contributed by atoms with E-state index in [1.807, 2.05) is 22.2 Å². The zero-order valence-corrected chi connectivity index (χ0v) is 21.3. The zero-order chi connectivity index (χ0) is 25.1. The highest BCUT2D eigenvalue weighted by atomic mass is 16.5. The summed E-state index contributed by atoms with van der Waals surface area (Å²) in [7, 11) is 0. The van der Waals surface area contributed by atoms with Crippen LogP contribution >= 0.6 is 0 Å². The maximum Gasteiger partial charge on any atom is 0.320 e. The minimum atomic E-state index is 0.0381. The number of carbonyl (C=O) groups excluding carboxylic acids is 2. The first-order valence-corrected chi connectivity index (χ1v) is 13.5. The first-order valence-electron chi connectivity index (χ1n) is 13.5. The van der Waals surface area contributed by atoms with Gasteiger partial charge in [-0.25, -0.2) is 9.78 Å². The maximum atomic E-state index is 13.6. The molecule has 3 fully saturated rings. The van der Waals surface area contributed by atoms with Crippen LogP contribution in [0, 0.1) is 18.8 Å². The number of aromatic nitrogens is 2. The quantitative estimate of drug-likeness (QED) is 0.563. The summed E-state index contributed by atoms with van der Waals surface area (Å²) < 4.78 is 5.85. The highest BCUT2D eigenvalue weighted by Crippen LogP contribution is 2.37. The number of hydrogen-bond donors (Lipinski definition) is 2. The summed E-state index contributed by atoms with van der Waals surface area (Å²) in [6.07, 6.45) is 6.62. The number of urea groups is 1. The monoisotopic (exact) mass is 499 g/mol. The van der Waals surface area contributed by atoms with Crippen LogP contribution in [0.4, 0.5) is 4.79 Å². The number of benzene rings is 1. The average molecular weight is 500 g/mol. The molecule has 1 saturated carbocycles. The van der Waals surface area contributed by atoms with Crippen molar-refractivity contribution in [3.05, 3.63) is 52.8 Å². The van der Waals surface area contributed by atoms with Crippen LogP contribution in [0.3, 0.4) is 0 Å². The standard InChI is InChI=1S/C29H33N5O3/c1-17-11-31-28-23(17)10-22(12-32-28)21-8-18-4-6-33(15-25(18)24(9-21)26-16-37-7-5-30-26)29(36)34-13-19-2-3-20(14-34)27(19)35/h8-12,19-20,26,30H,2-7,13-16H2,1H3,(H,31,32)/t19?,20?,26-/m0/s1. The van der Waals surface area contributed by atoms with Crippen molar-refractivity contribution in [1.29, 1.82) is 0 Å². The van der Waals surface area contributed by atoms with E-state index >= 15 is 0 Å². The van der Waals surface area contributed by atoms with E-state index in [4.69, 9.17) is 4.74 Å². The van der Waals surface area contributed by atoms with Crippen LogP contribution in [-0.4, -0.2) is 71.0 Å². The van der Waals surface area contributed by atoms with E-state index in [2.05, 4.69) is 40.4 Å². The molecule has 2 unspecified atom stereocenters. The van der Waals surface area contributed by atoms with E-state index in [-0.39, 0.29) is 23.9 Å². The molecule has 5 heterocycles. The van der Waals surface area contributed by atoms with E-state index < -0.39 is 0 Å². The summed E-state index contributed by atoms with van der Waals surface area (Å²) in [5.41, 5.74) is 8.09. The lowest BCUT2D eigenvalue weighted by atomic mass is 9.87. The summed E-state index contributed by atoms with van der Waals surface area (Å²) in [4.78, 5) is 37.8. The minimum absolute atomic E-state index is 0.0381. The van der Waals surface area contributed by atoms with Crippen molar-refractivity contribution in [3.8, 4) is 11.1 Å². The van der Waals surface area contributed by atoms with Crippen molar-refractivity contribution in [2.75, 3.05) is 39.4 Å². The number of H-pyrrole nitrogens is 1. The van der Waals surface area contributed by atoms with Crippen LogP contribution in [0.2, 0.25) is 0 Å². The average Bonchev–Trinajstić information content (AvgIpc) is 3.38. The van der Waals surface area contributed by atoms with Gasteiger partial charge < -0.3 is 24.8 Å². The Balaban J connectivity index is 1.22. The summed E-state index contributed by atoms with van der Waals surface area (Å²) in [5, 5.41) is 4.77. The molecule has 4 aliphatic rings. The number of nitrogens with one attached hydrogen (secondary N) is 2. The molecule has 8 nitrogen and oxygen atoms in total. The second-order valence-corrected chi connectivity index (χ2v) is 11.1. The Bertz CT molecular complexity index is 1380. The molecule has 0 radical (unpaired) electrons. The van der Waals surface area contributed by atoms with Crippen molar-refractivity contribution < 1.29 is 14.3 Å². The maximum absolute atomic E-state index is 13.6. The van der Waals surface area contributed by atoms with E-state index in [1.54, 1.807) is 0 Å². The molecule has 8 heteroatoms. The van der Waals surface area contributed by atoms with Gasteiger partial charge in [-0.15, -0.1) is 0 Å². The summed E-state index contributed by atoms with van der Waals surface area (Å²) in [6.45, 7) is 6.69. The van der Waals surface area contributed by atoms with Gasteiger partial charge in [0.1, 0.15) is 11.4 Å². The number of pyridine rings is 1. The Kier molecular flexibility index (Phi) is 5.55. The Labute approximate surface area is 216 Å². The highest BCUT2D eigenvalue weighted by molar-refractivity contribution is 5.89. The number of aryl methyl sites for hydroxylation is 1. The Morgan fingerprint density at radius 2 is 1.95 bits per heavy atom. The number of carbonyl (C=O) groups is 2. The van der Waals surface area contributed by atoms with Gasteiger partial charge in [-0.1, -0.05) is 6.07 Å². The lowest BCUT2D eigenvalue weighted by Gasteiger charge is -2.38. The number of likely N-dealkylation sites (tertiary alicyclic amines) is 1. The predicted octanol–water partition coefficient (Wildman–Crippen LogP) is 3.59. The lowest BCUT2D eigenvalue weighted by Crippen LogP contribution is -2.52. The summed E-state index contributed by atoms with van der Waals surface area (Å²) in [5.74, 6) is 0.445. The molecule has 3 aliphatic heterocycles. The molecule has 2 N–H and O–H groups in total. The van der Waals surface area contributed by atoms with Gasteiger partial charge in [-0.2, -0.15) is 0 Å². The number of ether oxygens (including phenoxy) is 1. The van der Waals surface area contributed by atoms with Crippen molar-refractivity contribution >= 4 is 22.8 Å². The number of fused-ring (bicyclic) bond motifs is 4. The van der Waals surface area contributed by atoms with Crippen molar-refractivity contribution in [2.45, 2.75) is 38.8 Å². The number of nitrogens with zero attached hydrogens (tertiary/aromatic N) is 3. The van der Waals surface area contributed by atoms with Gasteiger partial charge in [-0.05, 0) is 66.1 Å². The smallest absolute Gasteiger partial charge is 0.320 e. The van der Waals surface area contributed by atoms with Gasteiger partial charge in [0.15, 0.2) is 0 Å². The van der Waals surface area contributed by atoms with E-state index in [0.717, 1.165) is 48.0 Å². The minimum Gasteiger partial charge on any atom is -0.378 e. The molecule has 2 bridgehead atoms. The number of aromatic amines is 1. The molecule has 3 aromatic rings. The number of morpholine rings is 1. The van der Waals surface area contributed by atoms with Crippen molar-refractivity contribution in [3.63, 3.8) is 0 Å². The SMILES string of the molecule is Cc1c[nH]c2ncc(-c3cc4c(c([C@@H]5COCCN5)c3)CN(C(=O)N3CC5CCC(C3)C5=O)CC4)cc12. The molecular weight excluding hydrogens is 466 g/mol. The Hall–Kier alpha value is -3.23. The zero-order valence-electron chi connectivity index (χ0n) is 21.3. The van der Waals surface area contributed by atoms with Gasteiger partial charge >= 0.3 is 6.03 Å². The molecular formula is C29H33N5O3.